The maximum atomic E-state index is 10.9. The lowest BCUT2D eigenvalue weighted by Gasteiger charge is -2.19. The number of carbonyl (C=O) groups is 1. The van der Waals surface area contributed by atoms with E-state index >= 15 is 0 Å². The highest BCUT2D eigenvalue weighted by Gasteiger charge is 2.20. The third kappa shape index (κ3) is 3.58. The molecule has 0 bridgehead atoms. The number of rotatable bonds is 5. The zero-order valence-corrected chi connectivity index (χ0v) is 11.6. The number of likely N-dealkylation sites (tertiary alicyclic amines) is 1. The molecule has 1 N–H and O–H groups in total. The molecular formula is C13H17ClN2O3. The molecule has 19 heavy (non-hydrogen) atoms. The van der Waals surface area contributed by atoms with Gasteiger partial charge in [-0.3, -0.25) is 0 Å². The van der Waals surface area contributed by atoms with Gasteiger partial charge in [0.25, 0.3) is 0 Å². The number of aromatic nitrogens is 1. The zero-order chi connectivity index (χ0) is 13.8. The van der Waals surface area contributed by atoms with Gasteiger partial charge in [-0.2, -0.15) is 0 Å². The van der Waals surface area contributed by atoms with Gasteiger partial charge in [0, 0.05) is 12.1 Å². The standard InChI is InChI=1S/C13H17ClN2O3/c1-16-5-2-3-9(16)4-6-19-12-7-10(13(17)18)11(14)8-15-12/h7-9H,2-6H2,1H3,(H,17,18). The van der Waals surface area contributed by atoms with Gasteiger partial charge in [-0.15, -0.1) is 0 Å². The van der Waals surface area contributed by atoms with Gasteiger partial charge in [0.15, 0.2) is 0 Å². The van der Waals surface area contributed by atoms with E-state index in [2.05, 4.69) is 16.9 Å². The van der Waals surface area contributed by atoms with Gasteiger partial charge in [0.2, 0.25) is 5.88 Å². The highest BCUT2D eigenvalue weighted by molar-refractivity contribution is 6.33. The van der Waals surface area contributed by atoms with Crippen molar-refractivity contribution in [1.82, 2.24) is 9.88 Å². The molecule has 1 aliphatic rings. The molecule has 0 amide bonds. The number of aromatic carboxylic acids is 1. The number of carboxylic acids is 1. The van der Waals surface area contributed by atoms with Crippen LogP contribution in [0.15, 0.2) is 12.3 Å². The van der Waals surface area contributed by atoms with E-state index in [-0.39, 0.29) is 10.6 Å². The molecule has 2 heterocycles. The lowest BCUT2D eigenvalue weighted by molar-refractivity contribution is 0.0696. The topological polar surface area (TPSA) is 62.7 Å². The largest absolute Gasteiger partial charge is 0.478 e. The predicted octanol–water partition coefficient (Wildman–Crippen LogP) is 2.30. The van der Waals surface area contributed by atoms with Crippen LogP contribution < -0.4 is 4.74 Å². The molecule has 1 aromatic heterocycles. The Balaban J connectivity index is 1.89. The van der Waals surface area contributed by atoms with Crippen LogP contribution in [-0.4, -0.2) is 47.2 Å². The van der Waals surface area contributed by atoms with E-state index in [9.17, 15) is 4.79 Å². The van der Waals surface area contributed by atoms with Gasteiger partial charge >= 0.3 is 5.97 Å². The molecular weight excluding hydrogens is 268 g/mol. The Kier molecular flexibility index (Phi) is 4.61. The van der Waals surface area contributed by atoms with Crippen LogP contribution in [0.3, 0.4) is 0 Å². The molecule has 0 aromatic carbocycles. The minimum atomic E-state index is -1.08. The quantitative estimate of drug-likeness (QED) is 0.899. The van der Waals surface area contributed by atoms with Crippen molar-refractivity contribution in [3.63, 3.8) is 0 Å². The molecule has 104 valence electrons. The molecule has 1 saturated heterocycles. The summed E-state index contributed by atoms with van der Waals surface area (Å²) in [5.74, 6) is -0.768. The van der Waals surface area contributed by atoms with Gasteiger partial charge in [-0.1, -0.05) is 11.6 Å². The number of hydrogen-bond acceptors (Lipinski definition) is 4. The number of hydrogen-bond donors (Lipinski definition) is 1. The fraction of sp³-hybridized carbons (Fsp3) is 0.538. The monoisotopic (exact) mass is 284 g/mol. The molecule has 0 radical (unpaired) electrons. The first kappa shape index (κ1) is 14.1. The third-order valence-corrected chi connectivity index (χ3v) is 3.73. The highest BCUT2D eigenvalue weighted by atomic mass is 35.5. The van der Waals surface area contributed by atoms with Crippen molar-refractivity contribution in [2.75, 3.05) is 20.2 Å². The molecule has 5 nitrogen and oxygen atoms in total. The molecule has 6 heteroatoms. The summed E-state index contributed by atoms with van der Waals surface area (Å²) in [6.45, 7) is 1.66. The molecule has 1 aromatic rings. The fourth-order valence-electron chi connectivity index (χ4n) is 2.31. The number of pyridine rings is 1. The molecule has 1 aliphatic heterocycles. The average Bonchev–Trinajstić information content (AvgIpc) is 2.77. The summed E-state index contributed by atoms with van der Waals surface area (Å²) in [6.07, 6.45) is 4.64. The molecule has 0 saturated carbocycles. The Morgan fingerprint density at radius 3 is 3.11 bits per heavy atom. The van der Waals surface area contributed by atoms with E-state index in [1.54, 1.807) is 0 Å². The van der Waals surface area contributed by atoms with Crippen molar-refractivity contribution >= 4 is 17.6 Å². The van der Waals surface area contributed by atoms with Crippen molar-refractivity contribution in [2.24, 2.45) is 0 Å². The highest BCUT2D eigenvalue weighted by Crippen LogP contribution is 2.21. The van der Waals surface area contributed by atoms with Gasteiger partial charge < -0.3 is 14.7 Å². The Morgan fingerprint density at radius 1 is 1.68 bits per heavy atom. The van der Waals surface area contributed by atoms with Crippen LogP contribution in [0.4, 0.5) is 0 Å². The van der Waals surface area contributed by atoms with E-state index in [0.29, 0.717) is 18.5 Å². The van der Waals surface area contributed by atoms with Crippen molar-refractivity contribution < 1.29 is 14.6 Å². The number of carboxylic acid groups (broad SMARTS) is 1. The summed E-state index contributed by atoms with van der Waals surface area (Å²) in [4.78, 5) is 17.2. The third-order valence-electron chi connectivity index (χ3n) is 3.43. The first-order valence-electron chi connectivity index (χ1n) is 6.30. The summed E-state index contributed by atoms with van der Waals surface area (Å²) < 4.78 is 5.50. The summed E-state index contributed by atoms with van der Waals surface area (Å²) in [6, 6.07) is 1.91. The normalized spacial score (nSPS) is 19.6. The van der Waals surface area contributed by atoms with E-state index in [1.165, 1.54) is 25.1 Å². The van der Waals surface area contributed by atoms with Crippen molar-refractivity contribution in [1.29, 1.82) is 0 Å². The maximum Gasteiger partial charge on any atom is 0.337 e. The van der Waals surface area contributed by atoms with E-state index in [1.807, 2.05) is 0 Å². The molecule has 0 spiro atoms. The Labute approximate surface area is 117 Å². The van der Waals surface area contributed by atoms with Crippen molar-refractivity contribution in [2.45, 2.75) is 25.3 Å². The van der Waals surface area contributed by atoms with E-state index in [0.717, 1.165) is 13.0 Å². The number of halogens is 1. The second-order valence-electron chi connectivity index (χ2n) is 4.72. The maximum absolute atomic E-state index is 10.9. The van der Waals surface area contributed by atoms with Crippen LogP contribution in [0.2, 0.25) is 5.02 Å². The van der Waals surface area contributed by atoms with Gasteiger partial charge in [0.05, 0.1) is 23.4 Å². The van der Waals surface area contributed by atoms with Crippen LogP contribution in [0, 0.1) is 0 Å². The smallest absolute Gasteiger partial charge is 0.337 e. The van der Waals surface area contributed by atoms with Gasteiger partial charge in [0.1, 0.15) is 0 Å². The van der Waals surface area contributed by atoms with E-state index in [4.69, 9.17) is 21.4 Å². The van der Waals surface area contributed by atoms with Crippen LogP contribution in [0.25, 0.3) is 0 Å². The van der Waals surface area contributed by atoms with Crippen LogP contribution in [-0.2, 0) is 0 Å². The van der Waals surface area contributed by atoms with Gasteiger partial charge in [-0.05, 0) is 32.9 Å². The molecule has 1 atom stereocenters. The van der Waals surface area contributed by atoms with Gasteiger partial charge in [-0.25, -0.2) is 9.78 Å². The van der Waals surface area contributed by atoms with E-state index < -0.39 is 5.97 Å². The zero-order valence-electron chi connectivity index (χ0n) is 10.8. The van der Waals surface area contributed by atoms with Crippen LogP contribution >= 0.6 is 11.6 Å². The average molecular weight is 285 g/mol. The van der Waals surface area contributed by atoms with Crippen molar-refractivity contribution in [3.8, 4) is 5.88 Å². The second kappa shape index (κ2) is 6.21. The Bertz CT molecular complexity index is 467. The van der Waals surface area contributed by atoms with Crippen LogP contribution in [0.1, 0.15) is 29.6 Å². The fourth-order valence-corrected chi connectivity index (χ4v) is 2.49. The first-order chi connectivity index (χ1) is 9.08. The number of nitrogens with zero attached hydrogens (tertiary/aromatic N) is 2. The Hall–Kier alpha value is -1.33. The predicted molar refractivity (Wildman–Crippen MR) is 72.0 cm³/mol. The molecule has 1 fully saturated rings. The Morgan fingerprint density at radius 2 is 2.47 bits per heavy atom. The van der Waals surface area contributed by atoms with Crippen LogP contribution in [0.5, 0.6) is 5.88 Å². The lowest BCUT2D eigenvalue weighted by atomic mass is 10.1. The summed E-state index contributed by atoms with van der Waals surface area (Å²) in [5, 5.41) is 9.07. The number of ether oxygens (including phenoxy) is 1. The second-order valence-corrected chi connectivity index (χ2v) is 5.13. The summed E-state index contributed by atoms with van der Waals surface area (Å²) >= 11 is 5.74. The molecule has 1 unspecified atom stereocenters. The molecule has 0 aliphatic carbocycles. The minimum Gasteiger partial charge on any atom is -0.478 e. The summed E-state index contributed by atoms with van der Waals surface area (Å²) in [5.41, 5.74) is 0.0182. The molecule has 2 rings (SSSR count). The summed E-state index contributed by atoms with van der Waals surface area (Å²) in [7, 11) is 2.11. The first-order valence-corrected chi connectivity index (χ1v) is 6.67. The SMILES string of the molecule is CN1CCCC1CCOc1cc(C(=O)O)c(Cl)cn1. The lowest BCUT2D eigenvalue weighted by Crippen LogP contribution is -2.26. The van der Waals surface area contributed by atoms with Crippen molar-refractivity contribution in [3.05, 3.63) is 22.8 Å². The minimum absolute atomic E-state index is 0.0182.